The number of carbonyl (C=O) groups excluding carboxylic acids is 1. The lowest BCUT2D eigenvalue weighted by atomic mass is 10.1. The van der Waals surface area contributed by atoms with E-state index in [2.05, 4.69) is 10.3 Å². The molecule has 2 aromatic rings. The van der Waals surface area contributed by atoms with Crippen molar-refractivity contribution in [1.29, 1.82) is 0 Å². The molecule has 0 radical (unpaired) electrons. The molecule has 0 unspecified atom stereocenters. The maximum atomic E-state index is 11.1. The van der Waals surface area contributed by atoms with E-state index in [1.807, 2.05) is 50.2 Å². The number of ether oxygens (including phenoxy) is 1. The molecular weight excluding hydrogens is 264 g/mol. The SMILES string of the molecule is CC(=O)NCc1c(C)cc(C)nc1OCc1ccccc1. The molecule has 4 nitrogen and oxygen atoms in total. The minimum atomic E-state index is -0.0658. The summed E-state index contributed by atoms with van der Waals surface area (Å²) in [5.74, 6) is 0.522. The Balaban J connectivity index is 2.18. The molecule has 0 aliphatic rings. The molecule has 0 spiro atoms. The first-order valence-electron chi connectivity index (χ1n) is 6.94. The number of aromatic nitrogens is 1. The van der Waals surface area contributed by atoms with E-state index in [1.54, 1.807) is 0 Å². The van der Waals surface area contributed by atoms with Crippen molar-refractivity contribution in [2.24, 2.45) is 0 Å². The number of pyridine rings is 1. The van der Waals surface area contributed by atoms with E-state index in [0.29, 0.717) is 19.0 Å². The summed E-state index contributed by atoms with van der Waals surface area (Å²) in [5, 5.41) is 2.80. The monoisotopic (exact) mass is 284 g/mol. The average Bonchev–Trinajstić information content (AvgIpc) is 2.44. The van der Waals surface area contributed by atoms with E-state index >= 15 is 0 Å². The zero-order valence-corrected chi connectivity index (χ0v) is 12.6. The van der Waals surface area contributed by atoms with Crippen LogP contribution in [-0.2, 0) is 17.9 Å². The minimum Gasteiger partial charge on any atom is -0.473 e. The van der Waals surface area contributed by atoms with Crippen LogP contribution in [0.3, 0.4) is 0 Å². The first kappa shape index (κ1) is 15.0. The van der Waals surface area contributed by atoms with E-state index < -0.39 is 0 Å². The van der Waals surface area contributed by atoms with Crippen molar-refractivity contribution in [3.63, 3.8) is 0 Å². The molecule has 0 saturated carbocycles. The summed E-state index contributed by atoms with van der Waals surface area (Å²) in [6, 6.07) is 11.9. The van der Waals surface area contributed by atoms with Gasteiger partial charge in [0, 0.05) is 24.7 Å². The van der Waals surface area contributed by atoms with Crippen LogP contribution in [0.25, 0.3) is 0 Å². The number of hydrogen-bond donors (Lipinski definition) is 1. The van der Waals surface area contributed by atoms with Crippen molar-refractivity contribution >= 4 is 5.91 Å². The van der Waals surface area contributed by atoms with Crippen molar-refractivity contribution in [1.82, 2.24) is 10.3 Å². The predicted octanol–water partition coefficient (Wildman–Crippen LogP) is 2.91. The Morgan fingerprint density at radius 1 is 1.24 bits per heavy atom. The number of rotatable bonds is 5. The van der Waals surface area contributed by atoms with E-state index in [0.717, 1.165) is 22.4 Å². The van der Waals surface area contributed by atoms with Gasteiger partial charge in [0.15, 0.2) is 0 Å². The van der Waals surface area contributed by atoms with Gasteiger partial charge in [0.2, 0.25) is 11.8 Å². The van der Waals surface area contributed by atoms with Gasteiger partial charge in [0.05, 0.1) is 0 Å². The molecule has 1 N–H and O–H groups in total. The first-order valence-corrected chi connectivity index (χ1v) is 6.94. The maximum Gasteiger partial charge on any atom is 0.219 e. The predicted molar refractivity (Wildman–Crippen MR) is 82.0 cm³/mol. The lowest BCUT2D eigenvalue weighted by Crippen LogP contribution is -2.20. The molecule has 1 amide bonds. The number of carbonyl (C=O) groups is 1. The molecule has 0 atom stereocenters. The van der Waals surface area contributed by atoms with Gasteiger partial charge in [0.25, 0.3) is 0 Å². The van der Waals surface area contributed by atoms with Crippen LogP contribution in [0.2, 0.25) is 0 Å². The fraction of sp³-hybridized carbons (Fsp3) is 0.294. The van der Waals surface area contributed by atoms with Crippen LogP contribution < -0.4 is 10.1 Å². The van der Waals surface area contributed by atoms with Crippen molar-refractivity contribution in [3.8, 4) is 5.88 Å². The average molecular weight is 284 g/mol. The third-order valence-electron chi connectivity index (χ3n) is 3.17. The Kier molecular flexibility index (Phi) is 4.93. The first-order chi connectivity index (χ1) is 10.1. The minimum absolute atomic E-state index is 0.0658. The summed E-state index contributed by atoms with van der Waals surface area (Å²) in [6.45, 7) is 6.33. The summed E-state index contributed by atoms with van der Waals surface area (Å²) < 4.78 is 5.85. The highest BCUT2D eigenvalue weighted by Crippen LogP contribution is 2.22. The van der Waals surface area contributed by atoms with Gasteiger partial charge in [-0.3, -0.25) is 4.79 Å². The van der Waals surface area contributed by atoms with Gasteiger partial charge in [-0.2, -0.15) is 0 Å². The zero-order valence-electron chi connectivity index (χ0n) is 12.6. The van der Waals surface area contributed by atoms with Gasteiger partial charge >= 0.3 is 0 Å². The fourth-order valence-corrected chi connectivity index (χ4v) is 2.10. The molecule has 110 valence electrons. The van der Waals surface area contributed by atoms with Gasteiger partial charge < -0.3 is 10.1 Å². The Morgan fingerprint density at radius 2 is 1.95 bits per heavy atom. The Hall–Kier alpha value is -2.36. The molecule has 0 bridgehead atoms. The van der Waals surface area contributed by atoms with Crippen LogP contribution in [0.1, 0.15) is 29.3 Å². The molecule has 2 rings (SSSR count). The van der Waals surface area contributed by atoms with E-state index in [9.17, 15) is 4.79 Å². The largest absolute Gasteiger partial charge is 0.473 e. The van der Waals surface area contributed by atoms with Crippen LogP contribution in [-0.4, -0.2) is 10.9 Å². The Labute approximate surface area is 125 Å². The van der Waals surface area contributed by atoms with Crippen LogP contribution >= 0.6 is 0 Å². The highest BCUT2D eigenvalue weighted by atomic mass is 16.5. The summed E-state index contributed by atoms with van der Waals surface area (Å²) in [6.07, 6.45) is 0. The van der Waals surface area contributed by atoms with Crippen molar-refractivity contribution in [3.05, 3.63) is 58.8 Å². The van der Waals surface area contributed by atoms with E-state index in [-0.39, 0.29) is 5.91 Å². The third-order valence-corrected chi connectivity index (χ3v) is 3.17. The second-order valence-electron chi connectivity index (χ2n) is 5.05. The highest BCUT2D eigenvalue weighted by Gasteiger charge is 2.11. The van der Waals surface area contributed by atoms with Crippen LogP contribution in [0.4, 0.5) is 0 Å². The van der Waals surface area contributed by atoms with Crippen LogP contribution in [0.5, 0.6) is 5.88 Å². The molecule has 1 aromatic carbocycles. The number of nitrogens with zero attached hydrogens (tertiary/aromatic N) is 1. The fourth-order valence-electron chi connectivity index (χ4n) is 2.10. The van der Waals surface area contributed by atoms with Gasteiger partial charge in [0.1, 0.15) is 6.61 Å². The highest BCUT2D eigenvalue weighted by molar-refractivity contribution is 5.72. The van der Waals surface area contributed by atoms with Crippen molar-refractivity contribution in [2.45, 2.75) is 33.9 Å². The van der Waals surface area contributed by atoms with Crippen molar-refractivity contribution in [2.75, 3.05) is 0 Å². The molecule has 0 aliphatic heterocycles. The molecule has 0 aliphatic carbocycles. The molecule has 1 heterocycles. The number of aryl methyl sites for hydroxylation is 2. The number of amides is 1. The summed E-state index contributed by atoms with van der Waals surface area (Å²) in [7, 11) is 0. The molecular formula is C17H20N2O2. The maximum absolute atomic E-state index is 11.1. The van der Waals surface area contributed by atoms with Gasteiger partial charge in [-0.15, -0.1) is 0 Å². The second kappa shape index (κ2) is 6.88. The molecule has 4 heteroatoms. The number of hydrogen-bond acceptors (Lipinski definition) is 3. The number of nitrogens with one attached hydrogen (secondary N) is 1. The standard InChI is InChI=1S/C17H20N2O2/c1-12-9-13(2)19-17(16(12)10-18-14(3)20)21-11-15-7-5-4-6-8-15/h4-9H,10-11H2,1-3H3,(H,18,20). The summed E-state index contributed by atoms with van der Waals surface area (Å²) in [5.41, 5.74) is 3.98. The quantitative estimate of drug-likeness (QED) is 0.918. The van der Waals surface area contributed by atoms with Crippen LogP contribution in [0, 0.1) is 13.8 Å². The molecule has 21 heavy (non-hydrogen) atoms. The summed E-state index contributed by atoms with van der Waals surface area (Å²) in [4.78, 5) is 15.6. The lowest BCUT2D eigenvalue weighted by molar-refractivity contribution is -0.119. The molecule has 0 saturated heterocycles. The second-order valence-corrected chi connectivity index (χ2v) is 5.05. The van der Waals surface area contributed by atoms with Crippen LogP contribution in [0.15, 0.2) is 36.4 Å². The lowest BCUT2D eigenvalue weighted by Gasteiger charge is -2.14. The van der Waals surface area contributed by atoms with E-state index in [1.165, 1.54) is 6.92 Å². The third kappa shape index (κ3) is 4.31. The number of benzene rings is 1. The Bertz CT molecular complexity index is 624. The normalized spacial score (nSPS) is 10.2. The van der Waals surface area contributed by atoms with Gasteiger partial charge in [-0.25, -0.2) is 4.98 Å². The smallest absolute Gasteiger partial charge is 0.219 e. The zero-order chi connectivity index (χ0) is 15.2. The molecule has 1 aromatic heterocycles. The van der Waals surface area contributed by atoms with Crippen molar-refractivity contribution < 1.29 is 9.53 Å². The molecule has 0 fully saturated rings. The topological polar surface area (TPSA) is 51.2 Å². The summed E-state index contributed by atoms with van der Waals surface area (Å²) >= 11 is 0. The van der Waals surface area contributed by atoms with E-state index in [4.69, 9.17) is 4.74 Å². The Morgan fingerprint density at radius 3 is 2.62 bits per heavy atom. The van der Waals surface area contributed by atoms with Gasteiger partial charge in [-0.1, -0.05) is 30.3 Å². The van der Waals surface area contributed by atoms with Gasteiger partial charge in [-0.05, 0) is 31.0 Å².